The van der Waals surface area contributed by atoms with Crippen molar-refractivity contribution in [1.82, 2.24) is 20.9 Å². The lowest BCUT2D eigenvalue weighted by Gasteiger charge is -2.44. The molecular weight excluding hydrogens is 864 g/mol. The maximum atomic E-state index is 12.1. The zero-order valence-corrected chi connectivity index (χ0v) is 38.2. The van der Waals surface area contributed by atoms with Crippen LogP contribution < -0.4 is 30.2 Å². The molecule has 0 spiro atoms. The number of nitrogens with one attached hydrogen (secondary N) is 3. The first kappa shape index (κ1) is 45.2. The van der Waals surface area contributed by atoms with Crippen molar-refractivity contribution in [3.63, 3.8) is 0 Å². The van der Waals surface area contributed by atoms with Gasteiger partial charge in [-0.05, 0) is 134 Å². The Balaban J connectivity index is 0.000000191. The highest BCUT2D eigenvalue weighted by atomic mass is 79.9. The van der Waals surface area contributed by atoms with Crippen LogP contribution in [0.25, 0.3) is 0 Å². The Kier molecular flexibility index (Phi) is 15.3. The number of carbonyl (C=O) groups excluding carboxylic acids is 2. The molecule has 2 saturated heterocycles. The summed E-state index contributed by atoms with van der Waals surface area (Å²) < 4.78 is 19.0. The molecule has 5 aromatic rings. The Labute approximate surface area is 380 Å². The van der Waals surface area contributed by atoms with Crippen molar-refractivity contribution in [3.05, 3.63) is 159 Å². The van der Waals surface area contributed by atoms with Gasteiger partial charge >= 0.3 is 0 Å². The highest BCUT2D eigenvalue weighted by molar-refractivity contribution is 9.10. The van der Waals surface area contributed by atoms with Crippen LogP contribution in [0.3, 0.4) is 0 Å². The van der Waals surface area contributed by atoms with Crippen LogP contribution in [-0.2, 0) is 19.5 Å². The van der Waals surface area contributed by atoms with Gasteiger partial charge in [-0.15, -0.1) is 12.4 Å². The smallest absolute Gasteiger partial charge is 0.252 e. The van der Waals surface area contributed by atoms with Crippen molar-refractivity contribution in [2.45, 2.75) is 70.1 Å². The largest absolute Gasteiger partial charge is 0.497 e. The third-order valence-corrected chi connectivity index (χ3v) is 13.8. The van der Waals surface area contributed by atoms with Gasteiger partial charge < -0.3 is 30.2 Å². The van der Waals surface area contributed by atoms with Crippen molar-refractivity contribution >= 4 is 40.2 Å². The number of piperidine rings is 2. The number of rotatable bonds is 12. The van der Waals surface area contributed by atoms with E-state index in [1.165, 1.54) is 16.7 Å². The van der Waals surface area contributed by atoms with E-state index in [-0.39, 0.29) is 24.2 Å². The Morgan fingerprint density at radius 2 is 1.23 bits per heavy atom. The minimum absolute atomic E-state index is 0. The van der Waals surface area contributed by atoms with Crippen LogP contribution in [0, 0.1) is 11.8 Å². The second kappa shape index (κ2) is 21.0. The topological polar surface area (TPSA) is 101 Å². The number of benzene rings is 5. The summed E-state index contributed by atoms with van der Waals surface area (Å²) in [5.74, 6) is 3.98. The van der Waals surface area contributed by atoms with E-state index in [1.807, 2.05) is 36.4 Å². The summed E-state index contributed by atoms with van der Waals surface area (Å²) in [6, 6.07) is 40.3. The van der Waals surface area contributed by atoms with Gasteiger partial charge in [0.25, 0.3) is 11.8 Å². The number of amides is 2. The van der Waals surface area contributed by atoms with E-state index in [2.05, 4.69) is 129 Å². The third kappa shape index (κ3) is 10.7. The molecule has 4 aliphatic rings. The van der Waals surface area contributed by atoms with E-state index in [0.29, 0.717) is 62.1 Å². The standard InChI is InChI=1S/C30H34N2O3.C21H23BrN2O2.ClH/c1-21-29(20-35-26-13-10-24-19-31-30(33)28(24)18-26)27(23-8-11-25(34-2)12-9-23)15-17-32(21)16-14-22-6-4-3-5-7-22;1-13-20(18(8-9-23-13)14-2-5-16(22)6-3-14)12-26-17-7-4-15-11-24-21(25)19(15)10-17;/h3-13,18,21,27,29H,14-17,19-20H2,1-2H3,(H,31,33);2-7,10,13,18,20,23H,8-9,11-12H2,1H3,(H,24,25);1H/t21-,27+,29-;13-,18+,20-;/m11./s1. The minimum atomic E-state index is -0.0142. The average Bonchev–Trinajstić information content (AvgIpc) is 3.86. The number of methoxy groups -OCH3 is 1. The summed E-state index contributed by atoms with van der Waals surface area (Å²) in [6.45, 7) is 10.2. The first-order chi connectivity index (χ1) is 29.7. The van der Waals surface area contributed by atoms with Crippen LogP contribution >= 0.6 is 28.3 Å². The Morgan fingerprint density at radius 3 is 1.82 bits per heavy atom. The van der Waals surface area contributed by atoms with E-state index in [4.69, 9.17) is 14.2 Å². The number of fused-ring (bicyclic) bond motifs is 2. The molecule has 3 N–H and O–H groups in total. The highest BCUT2D eigenvalue weighted by Crippen LogP contribution is 2.39. The van der Waals surface area contributed by atoms with Gasteiger partial charge in [-0.3, -0.25) is 14.5 Å². The molecule has 0 aromatic heterocycles. The number of nitrogens with zero attached hydrogens (tertiary/aromatic N) is 1. The molecule has 2 fully saturated rings. The molecule has 11 heteroatoms. The molecule has 9 nitrogen and oxygen atoms in total. The van der Waals surface area contributed by atoms with Gasteiger partial charge in [-0.25, -0.2) is 0 Å². The van der Waals surface area contributed by atoms with Gasteiger partial charge in [-0.1, -0.05) is 82.7 Å². The lowest BCUT2D eigenvalue weighted by atomic mass is 9.76. The van der Waals surface area contributed by atoms with Crippen molar-refractivity contribution in [2.24, 2.45) is 11.8 Å². The summed E-state index contributed by atoms with van der Waals surface area (Å²) in [5.41, 5.74) is 7.63. The molecule has 0 bridgehead atoms. The Morgan fingerprint density at radius 1 is 0.677 bits per heavy atom. The molecule has 0 aliphatic carbocycles. The fraction of sp³-hybridized carbons (Fsp3) is 0.373. The van der Waals surface area contributed by atoms with Gasteiger partial charge in [0, 0.05) is 59.2 Å². The van der Waals surface area contributed by atoms with E-state index in [9.17, 15) is 9.59 Å². The van der Waals surface area contributed by atoms with E-state index in [0.717, 1.165) is 82.9 Å². The first-order valence-electron chi connectivity index (χ1n) is 21.7. The summed E-state index contributed by atoms with van der Waals surface area (Å²) in [4.78, 5) is 26.6. The average molecular weight is 922 g/mol. The number of halogens is 2. The van der Waals surface area contributed by atoms with Crippen LogP contribution in [0.5, 0.6) is 17.2 Å². The number of likely N-dealkylation sites (tertiary alicyclic amines) is 1. The van der Waals surface area contributed by atoms with Crippen LogP contribution in [0.15, 0.2) is 120 Å². The SMILES string of the molecule is COc1ccc([C@@H]2CCN(CCc3ccccc3)[C@H](C)[C@H]2COc2ccc3c(c2)C(=O)NC3)cc1.C[C@H]1NCC[C@@H](c2ccc(Br)cc2)[C@@H]1COc1ccc2c(c1)C(=O)NC2.Cl. The molecule has 62 heavy (non-hydrogen) atoms. The van der Waals surface area contributed by atoms with Gasteiger partial charge in [0.05, 0.1) is 20.3 Å². The summed E-state index contributed by atoms with van der Waals surface area (Å²) in [5, 5.41) is 9.31. The minimum Gasteiger partial charge on any atom is -0.497 e. The van der Waals surface area contributed by atoms with E-state index in [1.54, 1.807) is 7.11 Å². The maximum absolute atomic E-state index is 12.1. The van der Waals surface area contributed by atoms with Gasteiger partial charge in [0.1, 0.15) is 17.2 Å². The Bertz CT molecular complexity index is 2280. The fourth-order valence-electron chi connectivity index (χ4n) is 9.60. The molecule has 4 aliphatic heterocycles. The fourth-order valence-corrected chi connectivity index (χ4v) is 9.86. The quantitative estimate of drug-likeness (QED) is 0.115. The molecule has 0 saturated carbocycles. The number of hydrogen-bond donors (Lipinski definition) is 3. The lowest BCUT2D eigenvalue weighted by Crippen LogP contribution is -2.49. The van der Waals surface area contributed by atoms with Gasteiger partial charge in [-0.2, -0.15) is 0 Å². The van der Waals surface area contributed by atoms with E-state index < -0.39 is 0 Å². The first-order valence-corrected chi connectivity index (χ1v) is 22.5. The maximum Gasteiger partial charge on any atom is 0.252 e. The highest BCUT2D eigenvalue weighted by Gasteiger charge is 2.37. The monoisotopic (exact) mass is 920 g/mol. The summed E-state index contributed by atoms with van der Waals surface area (Å²) in [7, 11) is 1.70. The molecule has 5 aromatic carbocycles. The number of carbonyl (C=O) groups is 2. The second-order valence-corrected chi connectivity index (χ2v) is 17.7. The van der Waals surface area contributed by atoms with Crippen LogP contribution in [0.4, 0.5) is 0 Å². The molecule has 6 atom stereocenters. The van der Waals surface area contributed by atoms with Gasteiger partial charge in [0.2, 0.25) is 0 Å². The molecule has 0 unspecified atom stereocenters. The van der Waals surface area contributed by atoms with Crippen molar-refractivity contribution < 1.29 is 23.8 Å². The lowest BCUT2D eigenvalue weighted by molar-refractivity contribution is 0.0570. The zero-order valence-electron chi connectivity index (χ0n) is 35.8. The van der Waals surface area contributed by atoms with Gasteiger partial charge in [0.15, 0.2) is 0 Å². The predicted molar refractivity (Wildman–Crippen MR) is 251 cm³/mol. The van der Waals surface area contributed by atoms with E-state index >= 15 is 0 Å². The van der Waals surface area contributed by atoms with Crippen LogP contribution in [0.1, 0.15) is 87.1 Å². The van der Waals surface area contributed by atoms with Crippen molar-refractivity contribution in [2.75, 3.05) is 40.0 Å². The molecule has 2 amide bonds. The van der Waals surface area contributed by atoms with Crippen LogP contribution in [0.2, 0.25) is 0 Å². The number of hydrogen-bond acceptors (Lipinski definition) is 7. The molecular formula is C51H58BrClN4O5. The zero-order chi connectivity index (χ0) is 42.3. The summed E-state index contributed by atoms with van der Waals surface area (Å²) in [6.07, 6.45) is 3.24. The second-order valence-electron chi connectivity index (χ2n) is 16.8. The van der Waals surface area contributed by atoms with Crippen molar-refractivity contribution in [1.29, 1.82) is 0 Å². The third-order valence-electron chi connectivity index (χ3n) is 13.3. The normalized spacial score (nSPS) is 22.8. The molecule has 0 radical (unpaired) electrons. The molecule has 326 valence electrons. The Hall–Kier alpha value is -4.87. The molecule has 4 heterocycles. The number of ether oxygens (including phenoxy) is 3. The predicted octanol–water partition coefficient (Wildman–Crippen LogP) is 9.33. The summed E-state index contributed by atoms with van der Waals surface area (Å²) >= 11 is 3.52. The van der Waals surface area contributed by atoms with Crippen molar-refractivity contribution in [3.8, 4) is 17.2 Å². The van der Waals surface area contributed by atoms with Crippen LogP contribution in [-0.4, -0.2) is 68.8 Å². The molecule has 9 rings (SSSR count).